The third-order valence-electron chi connectivity index (χ3n) is 6.09. The Morgan fingerprint density at radius 1 is 1.03 bits per heavy atom. The molecule has 1 fully saturated rings. The van der Waals surface area contributed by atoms with Crippen molar-refractivity contribution in [1.29, 1.82) is 0 Å². The maximum Gasteiger partial charge on any atom is 0.433 e. The quantitative estimate of drug-likeness (QED) is 0.497. The van der Waals surface area contributed by atoms with E-state index in [1.807, 2.05) is 0 Å². The van der Waals surface area contributed by atoms with Crippen LogP contribution in [0.5, 0.6) is 5.75 Å². The lowest BCUT2D eigenvalue weighted by atomic mass is 10.1. The number of alkyl halides is 3. The van der Waals surface area contributed by atoms with Gasteiger partial charge in [-0.05, 0) is 44.7 Å². The number of hydrogen-bond donors (Lipinski definition) is 1. The summed E-state index contributed by atoms with van der Waals surface area (Å²) >= 11 is 0. The van der Waals surface area contributed by atoms with Crippen molar-refractivity contribution in [2.24, 2.45) is 0 Å². The van der Waals surface area contributed by atoms with E-state index in [0.717, 1.165) is 32.6 Å². The first-order chi connectivity index (χ1) is 15.8. The molecule has 0 radical (unpaired) electrons. The fourth-order valence-corrected chi connectivity index (χ4v) is 4.03. The lowest BCUT2D eigenvalue weighted by molar-refractivity contribution is -0.140. The summed E-state index contributed by atoms with van der Waals surface area (Å²) in [6, 6.07) is 15.9. The van der Waals surface area contributed by atoms with Crippen molar-refractivity contribution in [1.82, 2.24) is 19.8 Å². The minimum absolute atomic E-state index is 0.100. The molecule has 0 aliphatic carbocycles. The zero-order chi connectivity index (χ0) is 23.4. The predicted octanol–water partition coefficient (Wildman–Crippen LogP) is 5.17. The monoisotopic (exact) mass is 458 g/mol. The number of H-pyrrole nitrogens is 1. The number of nitrogens with zero attached hydrogens (tertiary/aromatic N) is 3. The zero-order valence-corrected chi connectivity index (χ0v) is 18.9. The number of hydrogen-bond acceptors (Lipinski definition) is 4. The standard InChI is InChI=1S/C25H29F3N4O/c1-18-17-32(15-14-31(18)2)13-6-16-33-21-11-9-20(10-12-21)24-29-22(19-7-4-3-5-8-19)23(30-24)25(26,27)28/h3-5,7-12,18H,6,13-17H2,1-2H3,(H,29,30). The Bertz CT molecular complexity index is 1030. The van der Waals surface area contributed by atoms with Gasteiger partial charge >= 0.3 is 6.18 Å². The number of aromatic nitrogens is 2. The van der Waals surface area contributed by atoms with E-state index in [-0.39, 0.29) is 11.5 Å². The second kappa shape index (κ2) is 9.97. The van der Waals surface area contributed by atoms with E-state index in [1.54, 1.807) is 54.6 Å². The largest absolute Gasteiger partial charge is 0.494 e. The highest BCUT2D eigenvalue weighted by Crippen LogP contribution is 2.37. The van der Waals surface area contributed by atoms with Crippen LogP contribution in [-0.2, 0) is 6.18 Å². The zero-order valence-electron chi connectivity index (χ0n) is 18.9. The average Bonchev–Trinajstić information content (AvgIpc) is 3.26. The van der Waals surface area contributed by atoms with E-state index >= 15 is 0 Å². The van der Waals surface area contributed by atoms with Crippen LogP contribution >= 0.6 is 0 Å². The number of imidazole rings is 1. The molecule has 1 atom stereocenters. The van der Waals surface area contributed by atoms with Crippen LogP contribution < -0.4 is 4.74 Å². The smallest absolute Gasteiger partial charge is 0.433 e. The van der Waals surface area contributed by atoms with E-state index in [1.165, 1.54) is 0 Å². The van der Waals surface area contributed by atoms with Crippen molar-refractivity contribution in [3.8, 4) is 28.4 Å². The molecule has 1 unspecified atom stereocenters. The summed E-state index contributed by atoms with van der Waals surface area (Å²) in [5.41, 5.74) is 0.0439. The molecule has 176 valence electrons. The lowest BCUT2D eigenvalue weighted by Gasteiger charge is -2.37. The minimum atomic E-state index is -4.53. The number of aromatic amines is 1. The van der Waals surface area contributed by atoms with Crippen LogP contribution in [-0.4, -0.2) is 65.6 Å². The second-order valence-corrected chi connectivity index (χ2v) is 8.53. The maximum atomic E-state index is 13.6. The van der Waals surface area contributed by atoms with Crippen molar-refractivity contribution in [3.63, 3.8) is 0 Å². The number of rotatable bonds is 7. The molecule has 1 saturated heterocycles. The number of halogens is 3. The summed E-state index contributed by atoms with van der Waals surface area (Å²) in [6.45, 7) is 7.05. The maximum absolute atomic E-state index is 13.6. The van der Waals surface area contributed by atoms with Crippen molar-refractivity contribution in [2.45, 2.75) is 25.6 Å². The van der Waals surface area contributed by atoms with Crippen LogP contribution in [0.25, 0.3) is 22.6 Å². The van der Waals surface area contributed by atoms with Gasteiger partial charge in [-0.3, -0.25) is 0 Å². The van der Waals surface area contributed by atoms with E-state index < -0.39 is 11.9 Å². The van der Waals surface area contributed by atoms with E-state index in [9.17, 15) is 13.2 Å². The molecule has 1 aromatic heterocycles. The Hall–Kier alpha value is -2.84. The minimum Gasteiger partial charge on any atom is -0.494 e. The molecule has 0 spiro atoms. The van der Waals surface area contributed by atoms with Crippen LogP contribution in [0.4, 0.5) is 13.2 Å². The molecule has 33 heavy (non-hydrogen) atoms. The van der Waals surface area contributed by atoms with Gasteiger partial charge in [0, 0.05) is 43.3 Å². The lowest BCUT2D eigenvalue weighted by Crippen LogP contribution is -2.50. The highest BCUT2D eigenvalue weighted by molar-refractivity contribution is 5.68. The molecule has 0 bridgehead atoms. The summed E-state index contributed by atoms with van der Waals surface area (Å²) < 4.78 is 46.6. The molecule has 0 saturated carbocycles. The molecule has 8 heteroatoms. The Labute approximate surface area is 192 Å². The molecular weight excluding hydrogens is 429 g/mol. The third-order valence-corrected chi connectivity index (χ3v) is 6.09. The van der Waals surface area contributed by atoms with E-state index in [2.05, 4.69) is 33.7 Å². The number of ether oxygens (including phenoxy) is 1. The second-order valence-electron chi connectivity index (χ2n) is 8.53. The van der Waals surface area contributed by atoms with Gasteiger partial charge in [-0.2, -0.15) is 13.2 Å². The van der Waals surface area contributed by atoms with Crippen molar-refractivity contribution >= 4 is 0 Å². The van der Waals surface area contributed by atoms with Crippen molar-refractivity contribution < 1.29 is 17.9 Å². The average molecular weight is 459 g/mol. The molecule has 5 nitrogen and oxygen atoms in total. The van der Waals surface area contributed by atoms with Crippen LogP contribution in [0.1, 0.15) is 19.0 Å². The summed E-state index contributed by atoms with van der Waals surface area (Å²) in [5, 5.41) is 0. The first-order valence-corrected chi connectivity index (χ1v) is 11.2. The van der Waals surface area contributed by atoms with Gasteiger partial charge in [0.15, 0.2) is 0 Å². The molecule has 0 amide bonds. The van der Waals surface area contributed by atoms with Gasteiger partial charge in [-0.1, -0.05) is 30.3 Å². The predicted molar refractivity (Wildman–Crippen MR) is 123 cm³/mol. The Morgan fingerprint density at radius 3 is 2.42 bits per heavy atom. The molecule has 2 heterocycles. The molecular formula is C25H29F3N4O. The topological polar surface area (TPSA) is 44.4 Å². The fraction of sp³-hybridized carbons (Fsp3) is 0.400. The van der Waals surface area contributed by atoms with E-state index in [0.29, 0.717) is 29.5 Å². The van der Waals surface area contributed by atoms with Gasteiger partial charge in [0.25, 0.3) is 0 Å². The Balaban J connectivity index is 1.38. The van der Waals surface area contributed by atoms with Gasteiger partial charge in [-0.15, -0.1) is 0 Å². The fourth-order valence-electron chi connectivity index (χ4n) is 4.03. The van der Waals surface area contributed by atoms with Gasteiger partial charge < -0.3 is 19.5 Å². The Kier molecular flexibility index (Phi) is 7.05. The van der Waals surface area contributed by atoms with Crippen LogP contribution in [0.3, 0.4) is 0 Å². The normalized spacial score (nSPS) is 17.9. The summed E-state index contributed by atoms with van der Waals surface area (Å²) in [7, 11) is 2.16. The third kappa shape index (κ3) is 5.75. The number of likely N-dealkylation sites (N-methyl/N-ethyl adjacent to an activating group) is 1. The molecule has 1 N–H and O–H groups in total. The molecule has 2 aromatic carbocycles. The molecule has 3 aromatic rings. The van der Waals surface area contributed by atoms with Crippen LogP contribution in [0, 0.1) is 0 Å². The Morgan fingerprint density at radius 2 is 1.76 bits per heavy atom. The van der Waals surface area contributed by atoms with Crippen molar-refractivity contribution in [3.05, 3.63) is 60.3 Å². The van der Waals surface area contributed by atoms with Gasteiger partial charge in [-0.25, -0.2) is 4.98 Å². The molecule has 4 rings (SSSR count). The SMILES string of the molecule is CC1CN(CCCOc2ccc(-c3nc(-c4ccccc4)c(C(F)(F)F)[nH]3)cc2)CCN1C. The van der Waals surface area contributed by atoms with Crippen molar-refractivity contribution in [2.75, 3.05) is 39.8 Å². The first-order valence-electron chi connectivity index (χ1n) is 11.2. The highest BCUT2D eigenvalue weighted by atomic mass is 19.4. The summed E-state index contributed by atoms with van der Waals surface area (Å²) in [5.74, 6) is 0.869. The van der Waals surface area contributed by atoms with Gasteiger partial charge in [0.2, 0.25) is 0 Å². The highest BCUT2D eigenvalue weighted by Gasteiger charge is 2.37. The van der Waals surface area contributed by atoms with Crippen LogP contribution in [0.15, 0.2) is 54.6 Å². The van der Waals surface area contributed by atoms with Gasteiger partial charge in [0.05, 0.1) is 6.61 Å². The molecule has 1 aliphatic rings. The van der Waals surface area contributed by atoms with Gasteiger partial charge in [0.1, 0.15) is 23.0 Å². The summed E-state index contributed by atoms with van der Waals surface area (Å²) in [4.78, 5) is 11.5. The number of benzene rings is 2. The number of piperazine rings is 1. The number of nitrogens with one attached hydrogen (secondary N) is 1. The molecule has 1 aliphatic heterocycles. The summed E-state index contributed by atoms with van der Waals surface area (Å²) in [6.07, 6.45) is -3.60. The van der Waals surface area contributed by atoms with E-state index in [4.69, 9.17) is 4.74 Å². The first kappa shape index (κ1) is 23.3. The van der Waals surface area contributed by atoms with Crippen LogP contribution in [0.2, 0.25) is 0 Å².